The van der Waals surface area contributed by atoms with Crippen molar-refractivity contribution in [2.45, 2.75) is 6.92 Å². The van der Waals surface area contributed by atoms with E-state index in [1.165, 1.54) is 0 Å². The van der Waals surface area contributed by atoms with Crippen LogP contribution in [-0.4, -0.2) is 26.2 Å². The molecule has 0 aliphatic rings. The minimum atomic E-state index is 0. The first-order valence-electron chi connectivity index (χ1n) is 1.49. The largest absolute Gasteiger partial charge is 0.106 e. The Kier molecular flexibility index (Phi) is 148. The zero-order valence-corrected chi connectivity index (χ0v) is 7.62. The van der Waals surface area contributed by atoms with Crippen molar-refractivity contribution in [2.75, 3.05) is 0 Å². The fourth-order valence-corrected chi connectivity index (χ4v) is 0. The molecule has 0 aromatic rings. The smallest absolute Gasteiger partial charge is 0 e. The maximum Gasteiger partial charge on any atom is 0 e. The van der Waals surface area contributed by atoms with Crippen LogP contribution in [0.5, 0.6) is 0 Å². The SMILES string of the molecule is C=C.C=CC.[Bi]. The van der Waals surface area contributed by atoms with Crippen molar-refractivity contribution >= 4 is 26.2 Å². The van der Waals surface area contributed by atoms with E-state index in [1.54, 1.807) is 6.08 Å². The second-order valence-electron chi connectivity index (χ2n) is 0.408. The van der Waals surface area contributed by atoms with Crippen LogP contribution in [0.3, 0.4) is 0 Å². The van der Waals surface area contributed by atoms with Gasteiger partial charge < -0.3 is 0 Å². The molecule has 0 amide bonds. The Balaban J connectivity index is -0.0000000275. The summed E-state index contributed by atoms with van der Waals surface area (Å²) < 4.78 is 0. The summed E-state index contributed by atoms with van der Waals surface area (Å²) >= 11 is 0. The van der Waals surface area contributed by atoms with E-state index in [4.69, 9.17) is 0 Å². The monoisotopic (exact) mass is 279 g/mol. The topological polar surface area (TPSA) is 0 Å². The third-order valence-electron chi connectivity index (χ3n) is 0. The van der Waals surface area contributed by atoms with Crippen LogP contribution in [0.15, 0.2) is 25.8 Å². The summed E-state index contributed by atoms with van der Waals surface area (Å²) in [7, 11) is 0. The molecule has 0 nitrogen and oxygen atoms in total. The molecular formula is C5H10Bi. The van der Waals surface area contributed by atoms with Gasteiger partial charge in [0.25, 0.3) is 0 Å². The van der Waals surface area contributed by atoms with Crippen LogP contribution in [-0.2, 0) is 0 Å². The Morgan fingerprint density at radius 1 is 1.33 bits per heavy atom. The van der Waals surface area contributed by atoms with E-state index in [-0.39, 0.29) is 26.2 Å². The van der Waals surface area contributed by atoms with Crippen molar-refractivity contribution in [1.29, 1.82) is 0 Å². The minimum Gasteiger partial charge on any atom is -0.106 e. The van der Waals surface area contributed by atoms with Gasteiger partial charge in [0.2, 0.25) is 0 Å². The molecule has 0 spiro atoms. The van der Waals surface area contributed by atoms with Gasteiger partial charge in [-0.3, -0.25) is 0 Å². The molecule has 0 heterocycles. The molecule has 1 heteroatoms. The number of hydrogen-bond donors (Lipinski definition) is 0. The van der Waals surface area contributed by atoms with Crippen LogP contribution in [0.2, 0.25) is 0 Å². The van der Waals surface area contributed by atoms with E-state index in [1.807, 2.05) is 6.92 Å². The predicted octanol–water partition coefficient (Wildman–Crippen LogP) is 1.61. The molecule has 0 saturated heterocycles. The Bertz CT molecular complexity index is 17.9. The van der Waals surface area contributed by atoms with Gasteiger partial charge in [-0.1, -0.05) is 6.08 Å². The fraction of sp³-hybridized carbons (Fsp3) is 0.200. The average molecular weight is 279 g/mol. The predicted molar refractivity (Wildman–Crippen MR) is 32.9 cm³/mol. The van der Waals surface area contributed by atoms with Crippen molar-refractivity contribution in [2.24, 2.45) is 0 Å². The average Bonchev–Trinajstić information content (AvgIpc) is 1.46. The number of rotatable bonds is 0. The van der Waals surface area contributed by atoms with Gasteiger partial charge in [-0.2, -0.15) is 0 Å². The van der Waals surface area contributed by atoms with Gasteiger partial charge in [0.1, 0.15) is 0 Å². The Morgan fingerprint density at radius 2 is 1.33 bits per heavy atom. The molecule has 0 fully saturated rings. The summed E-state index contributed by atoms with van der Waals surface area (Å²) in [5.41, 5.74) is 0. The third-order valence-corrected chi connectivity index (χ3v) is 0. The summed E-state index contributed by atoms with van der Waals surface area (Å²) in [6.07, 6.45) is 1.75. The van der Waals surface area contributed by atoms with Crippen LogP contribution in [0, 0.1) is 0 Å². The first kappa shape index (κ1) is 16.2. The maximum atomic E-state index is 3.36. The standard InChI is InChI=1S/C3H6.C2H4.Bi/c1-3-2;1-2;/h3H,1H2,2H3;1-2H2;. The molecule has 0 unspecified atom stereocenters. The van der Waals surface area contributed by atoms with E-state index in [0.717, 1.165) is 0 Å². The zero-order valence-electron chi connectivity index (χ0n) is 4.15. The van der Waals surface area contributed by atoms with Gasteiger partial charge in [0.05, 0.1) is 0 Å². The minimum absolute atomic E-state index is 0. The molecule has 6 heavy (non-hydrogen) atoms. The van der Waals surface area contributed by atoms with Crippen molar-refractivity contribution in [1.82, 2.24) is 0 Å². The summed E-state index contributed by atoms with van der Waals surface area (Å²) in [4.78, 5) is 0. The van der Waals surface area contributed by atoms with Gasteiger partial charge in [-0.05, 0) is 6.92 Å². The molecule has 35 valence electrons. The summed E-state index contributed by atoms with van der Waals surface area (Å²) in [6, 6.07) is 0. The molecule has 0 aromatic heterocycles. The van der Waals surface area contributed by atoms with Gasteiger partial charge in [-0.25, -0.2) is 0 Å². The zero-order chi connectivity index (χ0) is 4.71. The fourth-order valence-electron chi connectivity index (χ4n) is 0. The van der Waals surface area contributed by atoms with Crippen LogP contribution in [0.4, 0.5) is 0 Å². The van der Waals surface area contributed by atoms with Crippen LogP contribution >= 0.6 is 0 Å². The molecule has 0 rings (SSSR count). The molecule has 3 radical (unpaired) electrons. The van der Waals surface area contributed by atoms with Crippen LogP contribution in [0.25, 0.3) is 0 Å². The van der Waals surface area contributed by atoms with Gasteiger partial charge in [0, 0.05) is 26.2 Å². The second-order valence-corrected chi connectivity index (χ2v) is 0.408. The molecule has 0 aliphatic heterocycles. The molecular weight excluding hydrogens is 269 g/mol. The van der Waals surface area contributed by atoms with E-state index in [0.29, 0.717) is 0 Å². The van der Waals surface area contributed by atoms with Gasteiger partial charge in [-0.15, -0.1) is 19.7 Å². The van der Waals surface area contributed by atoms with E-state index < -0.39 is 0 Å². The van der Waals surface area contributed by atoms with Gasteiger partial charge in [0.15, 0.2) is 0 Å². The van der Waals surface area contributed by atoms with E-state index >= 15 is 0 Å². The molecule has 0 aromatic carbocycles. The molecule has 0 N–H and O–H groups in total. The first-order chi connectivity index (χ1) is 2.41. The second kappa shape index (κ2) is 54.9. The summed E-state index contributed by atoms with van der Waals surface area (Å²) in [6.45, 7) is 11.2. The van der Waals surface area contributed by atoms with Gasteiger partial charge >= 0.3 is 0 Å². The van der Waals surface area contributed by atoms with Crippen molar-refractivity contribution < 1.29 is 0 Å². The molecule has 0 saturated carbocycles. The normalized spacial score (nSPS) is 2.83. The van der Waals surface area contributed by atoms with E-state index in [9.17, 15) is 0 Å². The molecule has 0 atom stereocenters. The Morgan fingerprint density at radius 3 is 1.33 bits per heavy atom. The van der Waals surface area contributed by atoms with Crippen molar-refractivity contribution in [3.8, 4) is 0 Å². The third kappa shape index (κ3) is 374. The van der Waals surface area contributed by atoms with E-state index in [2.05, 4.69) is 19.7 Å². The van der Waals surface area contributed by atoms with Crippen molar-refractivity contribution in [3.05, 3.63) is 25.8 Å². The van der Waals surface area contributed by atoms with Crippen LogP contribution < -0.4 is 0 Å². The molecule has 0 aliphatic carbocycles. The first-order valence-corrected chi connectivity index (χ1v) is 1.49. The van der Waals surface area contributed by atoms with Crippen LogP contribution in [0.1, 0.15) is 6.92 Å². The Hall–Kier alpha value is 0.363. The summed E-state index contributed by atoms with van der Waals surface area (Å²) in [5.74, 6) is 0. The maximum absolute atomic E-state index is 3.36. The quantitative estimate of drug-likeness (QED) is 0.467. The Labute approximate surface area is 59.1 Å². The number of allylic oxidation sites excluding steroid dienone is 1. The summed E-state index contributed by atoms with van der Waals surface area (Å²) in [5, 5.41) is 0. The van der Waals surface area contributed by atoms with Crippen molar-refractivity contribution in [3.63, 3.8) is 0 Å². The molecule has 0 bridgehead atoms. The number of hydrogen-bond acceptors (Lipinski definition) is 0.